The lowest BCUT2D eigenvalue weighted by atomic mass is 10.00. The van der Waals surface area contributed by atoms with Crippen LogP contribution in [0.1, 0.15) is 35.2 Å². The van der Waals surface area contributed by atoms with Crippen LogP contribution in [0.3, 0.4) is 0 Å². The molecule has 166 valence electrons. The molecule has 0 radical (unpaired) electrons. The van der Waals surface area contributed by atoms with E-state index in [0.29, 0.717) is 0 Å². The van der Waals surface area contributed by atoms with Gasteiger partial charge in [-0.25, -0.2) is 23.1 Å². The van der Waals surface area contributed by atoms with Crippen LogP contribution in [0.25, 0.3) is 11.1 Å². The number of halogens is 3. The molecule has 3 N–H and O–H groups in total. The number of carbonyl (C=O) groups is 1. The molecule has 0 spiro atoms. The topological polar surface area (TPSA) is 120 Å². The first kappa shape index (κ1) is 21.3. The van der Waals surface area contributed by atoms with Gasteiger partial charge >= 0.3 is 0 Å². The molecule has 0 aliphatic carbocycles. The highest BCUT2D eigenvalue weighted by Crippen LogP contribution is 2.38. The molecule has 9 nitrogen and oxygen atoms in total. The van der Waals surface area contributed by atoms with Crippen molar-refractivity contribution >= 4 is 17.4 Å². The summed E-state index contributed by atoms with van der Waals surface area (Å²) in [7, 11) is 1.31. The summed E-state index contributed by atoms with van der Waals surface area (Å²) in [5, 5.41) is 6.32. The van der Waals surface area contributed by atoms with Gasteiger partial charge in [0.15, 0.2) is 11.5 Å². The lowest BCUT2D eigenvalue weighted by Crippen LogP contribution is -2.30. The van der Waals surface area contributed by atoms with Gasteiger partial charge in [-0.1, -0.05) is 12.1 Å². The second-order valence-corrected chi connectivity index (χ2v) is 6.99. The molecule has 2 aromatic heterocycles. The van der Waals surface area contributed by atoms with E-state index in [1.54, 1.807) is 6.92 Å². The molecular weight excluding hydrogens is 427 g/mol. The van der Waals surface area contributed by atoms with Gasteiger partial charge in [0.05, 0.1) is 25.4 Å². The van der Waals surface area contributed by atoms with Gasteiger partial charge in [-0.2, -0.15) is 5.10 Å². The third kappa shape index (κ3) is 3.63. The fourth-order valence-electron chi connectivity index (χ4n) is 3.51. The summed E-state index contributed by atoms with van der Waals surface area (Å²) >= 11 is 0. The number of amides is 1. The van der Waals surface area contributed by atoms with Gasteiger partial charge in [0.1, 0.15) is 17.2 Å². The van der Waals surface area contributed by atoms with Gasteiger partial charge in [0, 0.05) is 23.5 Å². The number of amidine groups is 1. The van der Waals surface area contributed by atoms with Crippen molar-refractivity contribution in [1.29, 1.82) is 0 Å². The van der Waals surface area contributed by atoms with Gasteiger partial charge in [0.25, 0.3) is 12.3 Å². The number of hydrogen-bond acceptors (Lipinski definition) is 7. The van der Waals surface area contributed by atoms with E-state index in [1.807, 2.05) is 0 Å². The predicted octanol–water partition coefficient (Wildman–Crippen LogP) is 2.79. The van der Waals surface area contributed by atoms with E-state index in [1.165, 1.54) is 42.4 Å². The van der Waals surface area contributed by atoms with Gasteiger partial charge in [-0.3, -0.25) is 14.5 Å². The highest BCUT2D eigenvalue weighted by molar-refractivity contribution is 6.06. The van der Waals surface area contributed by atoms with Crippen molar-refractivity contribution < 1.29 is 22.7 Å². The zero-order valence-corrected chi connectivity index (χ0v) is 17.0. The average Bonchev–Trinajstić information content (AvgIpc) is 3.15. The minimum absolute atomic E-state index is 0.0173. The Balaban J connectivity index is 1.79. The second-order valence-electron chi connectivity index (χ2n) is 6.99. The molecule has 0 saturated heterocycles. The third-order valence-electron chi connectivity index (χ3n) is 4.81. The average molecular weight is 445 g/mol. The van der Waals surface area contributed by atoms with Crippen LogP contribution >= 0.6 is 0 Å². The van der Waals surface area contributed by atoms with E-state index in [4.69, 9.17) is 10.5 Å². The van der Waals surface area contributed by atoms with Crippen molar-refractivity contribution in [3.63, 3.8) is 0 Å². The highest BCUT2D eigenvalue weighted by Gasteiger charge is 2.32. The molecule has 32 heavy (non-hydrogen) atoms. The Morgan fingerprint density at radius 2 is 2.06 bits per heavy atom. The van der Waals surface area contributed by atoms with Crippen LogP contribution in [0.4, 0.5) is 18.9 Å². The lowest BCUT2D eigenvalue weighted by molar-refractivity contribution is 0.101. The number of anilines is 1. The van der Waals surface area contributed by atoms with Gasteiger partial charge < -0.3 is 15.8 Å². The molecule has 4 rings (SSSR count). The molecule has 0 fully saturated rings. The Morgan fingerprint density at radius 3 is 2.78 bits per heavy atom. The molecule has 3 aromatic rings. The number of nitrogens with one attached hydrogen (secondary N) is 1. The Hall–Kier alpha value is -3.96. The summed E-state index contributed by atoms with van der Waals surface area (Å²) in [6.45, 7) is 1.98. The van der Waals surface area contributed by atoms with Crippen molar-refractivity contribution in [3.8, 4) is 17.0 Å². The number of alkyl halides is 2. The van der Waals surface area contributed by atoms with E-state index in [9.17, 15) is 13.6 Å². The summed E-state index contributed by atoms with van der Waals surface area (Å²) in [5.41, 5.74) is 4.70. The van der Waals surface area contributed by atoms with Gasteiger partial charge in [-0.05, 0) is 13.0 Å². The largest absolute Gasteiger partial charge is 0.479 e. The smallest absolute Gasteiger partial charge is 0.282 e. The van der Waals surface area contributed by atoms with Crippen LogP contribution in [-0.2, 0) is 6.54 Å². The highest BCUT2D eigenvalue weighted by atomic mass is 19.3. The minimum atomic E-state index is -2.98. The lowest BCUT2D eigenvalue weighted by Gasteiger charge is -2.18. The number of fused-ring (bicyclic) bond motifs is 1. The summed E-state index contributed by atoms with van der Waals surface area (Å²) in [6.07, 6.45) is -0.368. The van der Waals surface area contributed by atoms with Gasteiger partial charge in [0.2, 0.25) is 5.88 Å². The zero-order chi connectivity index (χ0) is 23.0. The maximum absolute atomic E-state index is 15.5. The predicted molar refractivity (Wildman–Crippen MR) is 109 cm³/mol. The van der Waals surface area contributed by atoms with E-state index in [-0.39, 0.29) is 52.5 Å². The Morgan fingerprint density at radius 1 is 1.31 bits per heavy atom. The molecule has 1 atom stereocenters. The van der Waals surface area contributed by atoms with E-state index in [0.717, 1.165) is 0 Å². The molecule has 1 aliphatic rings. The number of methoxy groups -OCH3 is 1. The number of aromatic nitrogens is 4. The van der Waals surface area contributed by atoms with Crippen LogP contribution in [-0.4, -0.2) is 44.6 Å². The maximum atomic E-state index is 15.5. The van der Waals surface area contributed by atoms with E-state index < -0.39 is 23.8 Å². The SMILES string of the molecule is COc1nccnc1C(=O)Nc1cccc(-c2c(C(F)F)nn3c2C(N)=N[C@H](C)C3)c1F. The molecule has 0 bridgehead atoms. The van der Waals surface area contributed by atoms with Crippen LogP contribution in [0.5, 0.6) is 5.88 Å². The number of hydrogen-bond donors (Lipinski definition) is 2. The molecule has 1 amide bonds. The number of ether oxygens (including phenoxy) is 1. The molecular formula is C20H18F3N7O2. The molecule has 3 heterocycles. The normalized spacial score (nSPS) is 15.3. The third-order valence-corrected chi connectivity index (χ3v) is 4.81. The number of nitrogens with zero attached hydrogens (tertiary/aromatic N) is 5. The monoisotopic (exact) mass is 445 g/mol. The van der Waals surface area contributed by atoms with E-state index in [2.05, 4.69) is 25.4 Å². The zero-order valence-electron chi connectivity index (χ0n) is 17.0. The Labute approximate surface area is 180 Å². The first-order valence-electron chi connectivity index (χ1n) is 9.49. The molecule has 1 aromatic carbocycles. The van der Waals surface area contributed by atoms with Crippen LogP contribution in [0.15, 0.2) is 35.6 Å². The fraction of sp³-hybridized carbons (Fsp3) is 0.250. The van der Waals surface area contributed by atoms with Crippen LogP contribution in [0.2, 0.25) is 0 Å². The van der Waals surface area contributed by atoms with Crippen molar-refractivity contribution in [2.45, 2.75) is 25.9 Å². The Kier molecular flexibility index (Phi) is 5.51. The molecule has 0 unspecified atom stereocenters. The first-order valence-corrected chi connectivity index (χ1v) is 9.49. The van der Waals surface area contributed by atoms with Crippen molar-refractivity contribution in [2.75, 3.05) is 12.4 Å². The Bertz CT molecular complexity index is 1230. The number of rotatable bonds is 5. The second kappa shape index (κ2) is 8.29. The molecule has 0 saturated carbocycles. The van der Waals surface area contributed by atoms with Gasteiger partial charge in [-0.15, -0.1) is 0 Å². The quantitative estimate of drug-likeness (QED) is 0.623. The van der Waals surface area contributed by atoms with Crippen molar-refractivity contribution in [2.24, 2.45) is 10.7 Å². The molecule has 12 heteroatoms. The summed E-state index contributed by atoms with van der Waals surface area (Å²) in [4.78, 5) is 24.6. The van der Waals surface area contributed by atoms with Crippen LogP contribution < -0.4 is 15.8 Å². The number of aliphatic imine (C=N–C) groups is 1. The summed E-state index contributed by atoms with van der Waals surface area (Å²) in [6, 6.07) is 3.75. The standard InChI is InChI=1S/C20H18F3N7O2/c1-9-8-30-16(18(24)27-9)12(14(29-30)17(22)23)10-4-3-5-11(13(10)21)28-19(31)15-20(32-2)26-7-6-25-15/h3-7,9,17H,8H2,1-2H3,(H2,24,27)(H,28,31)/t9-/m1/s1. The van der Waals surface area contributed by atoms with E-state index >= 15 is 4.39 Å². The maximum Gasteiger partial charge on any atom is 0.282 e. The van der Waals surface area contributed by atoms with Crippen molar-refractivity contribution in [1.82, 2.24) is 19.7 Å². The summed E-state index contributed by atoms with van der Waals surface area (Å²) in [5.74, 6) is -1.79. The summed E-state index contributed by atoms with van der Waals surface area (Å²) < 4.78 is 49.3. The first-order chi connectivity index (χ1) is 15.3. The van der Waals surface area contributed by atoms with Crippen molar-refractivity contribution in [3.05, 3.63) is 53.5 Å². The number of carbonyl (C=O) groups excluding carboxylic acids is 1. The molecule has 1 aliphatic heterocycles. The number of benzene rings is 1. The fourth-order valence-corrected chi connectivity index (χ4v) is 3.51. The number of nitrogens with two attached hydrogens (primary N) is 1. The minimum Gasteiger partial charge on any atom is -0.479 e. The van der Waals surface area contributed by atoms with Crippen LogP contribution in [0, 0.1) is 5.82 Å².